The zero-order valence-electron chi connectivity index (χ0n) is 12.0. The fourth-order valence-electron chi connectivity index (χ4n) is 2.09. The molecule has 0 heterocycles. The molecule has 1 unspecified atom stereocenters. The van der Waals surface area contributed by atoms with E-state index in [1.54, 1.807) is 0 Å². The molecular formula is C17H19BrN2O. The maximum Gasteiger partial charge on any atom is 0.220 e. The Morgan fingerprint density at radius 3 is 2.38 bits per heavy atom. The summed E-state index contributed by atoms with van der Waals surface area (Å²) in [4.78, 5) is 12.0. The van der Waals surface area contributed by atoms with Crippen LogP contribution in [-0.4, -0.2) is 5.91 Å². The Bertz CT molecular complexity index is 593. The highest BCUT2D eigenvalue weighted by atomic mass is 79.9. The molecule has 110 valence electrons. The third-order valence-corrected chi connectivity index (χ3v) is 3.90. The van der Waals surface area contributed by atoms with Crippen LogP contribution in [0.25, 0.3) is 0 Å². The average molecular weight is 347 g/mol. The van der Waals surface area contributed by atoms with E-state index < -0.39 is 0 Å². The second-order valence-electron chi connectivity index (χ2n) is 5.08. The van der Waals surface area contributed by atoms with E-state index in [2.05, 4.69) is 21.2 Å². The van der Waals surface area contributed by atoms with Gasteiger partial charge in [-0.05, 0) is 48.7 Å². The average Bonchev–Trinajstić information content (AvgIpc) is 2.47. The van der Waals surface area contributed by atoms with Gasteiger partial charge < -0.3 is 11.1 Å². The molecular weight excluding hydrogens is 328 g/mol. The van der Waals surface area contributed by atoms with Crippen LogP contribution in [0.5, 0.6) is 0 Å². The Morgan fingerprint density at radius 2 is 1.76 bits per heavy atom. The fraction of sp³-hybridized carbons (Fsp3) is 0.235. The van der Waals surface area contributed by atoms with Gasteiger partial charge in [0.25, 0.3) is 0 Å². The van der Waals surface area contributed by atoms with E-state index in [1.165, 1.54) is 0 Å². The first-order valence-electron chi connectivity index (χ1n) is 6.94. The highest BCUT2D eigenvalue weighted by Gasteiger charge is 2.09. The smallest absolute Gasteiger partial charge is 0.220 e. The predicted octanol–water partition coefficient (Wildman–Crippen LogP) is 3.84. The van der Waals surface area contributed by atoms with Crippen LogP contribution in [0.2, 0.25) is 0 Å². The third kappa shape index (κ3) is 4.90. The highest BCUT2D eigenvalue weighted by Crippen LogP contribution is 2.16. The molecule has 3 nitrogen and oxygen atoms in total. The summed E-state index contributed by atoms with van der Waals surface area (Å²) in [6, 6.07) is 15.6. The van der Waals surface area contributed by atoms with Gasteiger partial charge in [-0.2, -0.15) is 0 Å². The number of amides is 1. The van der Waals surface area contributed by atoms with Gasteiger partial charge in [0.05, 0.1) is 6.04 Å². The van der Waals surface area contributed by atoms with Crippen LogP contribution >= 0.6 is 15.9 Å². The number of hydrogen-bond acceptors (Lipinski definition) is 2. The van der Waals surface area contributed by atoms with Crippen molar-refractivity contribution in [3.05, 3.63) is 64.1 Å². The summed E-state index contributed by atoms with van der Waals surface area (Å²) >= 11 is 3.40. The number of carbonyl (C=O) groups excluding carboxylic acids is 1. The third-order valence-electron chi connectivity index (χ3n) is 3.37. The summed E-state index contributed by atoms with van der Waals surface area (Å²) in [5, 5.41) is 3.02. The Hall–Kier alpha value is -1.81. The minimum atomic E-state index is 0.0111. The molecule has 2 aromatic rings. The summed E-state index contributed by atoms with van der Waals surface area (Å²) in [5.74, 6) is 0.0576. The van der Waals surface area contributed by atoms with Gasteiger partial charge in [0.1, 0.15) is 0 Å². The van der Waals surface area contributed by atoms with Crippen molar-refractivity contribution in [2.24, 2.45) is 0 Å². The van der Waals surface area contributed by atoms with Gasteiger partial charge in [0.2, 0.25) is 5.91 Å². The number of nitrogens with two attached hydrogens (primary N) is 1. The lowest BCUT2D eigenvalue weighted by Gasteiger charge is -2.14. The monoisotopic (exact) mass is 346 g/mol. The quantitative estimate of drug-likeness (QED) is 0.808. The molecule has 4 heteroatoms. The minimum Gasteiger partial charge on any atom is -0.399 e. The maximum absolute atomic E-state index is 12.0. The second-order valence-corrected chi connectivity index (χ2v) is 6.00. The van der Waals surface area contributed by atoms with Crippen molar-refractivity contribution in [1.82, 2.24) is 5.32 Å². The van der Waals surface area contributed by atoms with Crippen molar-refractivity contribution in [3.63, 3.8) is 0 Å². The first kappa shape index (κ1) is 15.6. The summed E-state index contributed by atoms with van der Waals surface area (Å²) in [5.41, 5.74) is 8.60. The Balaban J connectivity index is 1.83. The standard InChI is InChI=1S/C17H19BrN2O/c1-12(14-5-7-15(18)8-6-14)20-17(21)11-4-13-2-9-16(19)10-3-13/h2-3,5-10,12H,4,11,19H2,1H3,(H,20,21). The molecule has 0 saturated heterocycles. The van der Waals surface area contributed by atoms with Gasteiger partial charge in [0, 0.05) is 16.6 Å². The topological polar surface area (TPSA) is 55.1 Å². The van der Waals surface area contributed by atoms with Crippen molar-refractivity contribution in [3.8, 4) is 0 Å². The van der Waals surface area contributed by atoms with E-state index in [4.69, 9.17) is 5.73 Å². The van der Waals surface area contributed by atoms with Crippen molar-refractivity contribution in [1.29, 1.82) is 0 Å². The molecule has 3 N–H and O–H groups in total. The first-order chi connectivity index (χ1) is 10.0. The van der Waals surface area contributed by atoms with E-state index in [0.29, 0.717) is 6.42 Å². The molecule has 2 aromatic carbocycles. The van der Waals surface area contributed by atoms with E-state index in [-0.39, 0.29) is 11.9 Å². The Morgan fingerprint density at radius 1 is 1.14 bits per heavy atom. The van der Waals surface area contributed by atoms with Crippen LogP contribution in [0.4, 0.5) is 5.69 Å². The number of rotatable bonds is 5. The van der Waals surface area contributed by atoms with Crippen LogP contribution in [0.1, 0.15) is 30.5 Å². The minimum absolute atomic E-state index is 0.0111. The number of benzene rings is 2. The molecule has 0 aliphatic carbocycles. The van der Waals surface area contributed by atoms with Crippen molar-refractivity contribution in [2.45, 2.75) is 25.8 Å². The van der Waals surface area contributed by atoms with Gasteiger partial charge in [-0.3, -0.25) is 4.79 Å². The van der Waals surface area contributed by atoms with Crippen LogP contribution in [0.3, 0.4) is 0 Å². The zero-order valence-corrected chi connectivity index (χ0v) is 13.6. The van der Waals surface area contributed by atoms with Gasteiger partial charge in [-0.1, -0.05) is 40.2 Å². The molecule has 0 aliphatic heterocycles. The largest absolute Gasteiger partial charge is 0.399 e. The lowest BCUT2D eigenvalue weighted by Crippen LogP contribution is -2.26. The number of nitrogen functional groups attached to an aromatic ring is 1. The zero-order chi connectivity index (χ0) is 15.2. The normalized spacial score (nSPS) is 11.9. The van der Waals surface area contributed by atoms with Gasteiger partial charge in [0.15, 0.2) is 0 Å². The number of halogens is 1. The summed E-state index contributed by atoms with van der Waals surface area (Å²) in [6.07, 6.45) is 1.20. The molecule has 0 aromatic heterocycles. The molecule has 0 bridgehead atoms. The van der Waals surface area contributed by atoms with Crippen molar-refractivity contribution in [2.75, 3.05) is 5.73 Å². The van der Waals surface area contributed by atoms with E-state index in [1.807, 2.05) is 55.5 Å². The summed E-state index contributed by atoms with van der Waals surface area (Å²) in [7, 11) is 0. The van der Waals surface area contributed by atoms with Crippen LogP contribution in [-0.2, 0) is 11.2 Å². The van der Waals surface area contributed by atoms with Gasteiger partial charge >= 0.3 is 0 Å². The molecule has 21 heavy (non-hydrogen) atoms. The molecule has 0 radical (unpaired) electrons. The first-order valence-corrected chi connectivity index (χ1v) is 7.73. The van der Waals surface area contributed by atoms with Crippen LogP contribution < -0.4 is 11.1 Å². The molecule has 0 aliphatic rings. The Kier molecular flexibility index (Phi) is 5.39. The molecule has 0 saturated carbocycles. The van der Waals surface area contributed by atoms with Crippen molar-refractivity contribution < 1.29 is 4.79 Å². The number of aryl methyl sites for hydroxylation is 1. The molecule has 1 atom stereocenters. The SMILES string of the molecule is CC(NC(=O)CCc1ccc(N)cc1)c1ccc(Br)cc1. The van der Waals surface area contributed by atoms with E-state index in [0.717, 1.165) is 27.7 Å². The molecule has 0 spiro atoms. The maximum atomic E-state index is 12.0. The number of hydrogen-bond donors (Lipinski definition) is 2. The lowest BCUT2D eigenvalue weighted by molar-refractivity contribution is -0.121. The summed E-state index contributed by atoms with van der Waals surface area (Å²) < 4.78 is 1.04. The number of anilines is 1. The summed E-state index contributed by atoms with van der Waals surface area (Å²) in [6.45, 7) is 1.99. The molecule has 0 fully saturated rings. The molecule has 2 rings (SSSR count). The number of nitrogens with one attached hydrogen (secondary N) is 1. The number of carbonyl (C=O) groups is 1. The van der Waals surface area contributed by atoms with Gasteiger partial charge in [-0.15, -0.1) is 0 Å². The molecule has 1 amide bonds. The Labute approximate surface area is 133 Å². The van der Waals surface area contributed by atoms with E-state index in [9.17, 15) is 4.79 Å². The fourth-order valence-corrected chi connectivity index (χ4v) is 2.35. The second kappa shape index (κ2) is 7.27. The predicted molar refractivity (Wildman–Crippen MR) is 89.9 cm³/mol. The van der Waals surface area contributed by atoms with Crippen LogP contribution in [0.15, 0.2) is 53.0 Å². The van der Waals surface area contributed by atoms with E-state index >= 15 is 0 Å². The lowest BCUT2D eigenvalue weighted by atomic mass is 10.1. The van der Waals surface area contributed by atoms with Crippen LogP contribution in [0, 0.1) is 0 Å². The van der Waals surface area contributed by atoms with Gasteiger partial charge in [-0.25, -0.2) is 0 Å². The highest BCUT2D eigenvalue weighted by molar-refractivity contribution is 9.10. The van der Waals surface area contributed by atoms with Crippen molar-refractivity contribution >= 4 is 27.5 Å².